The molecule has 14 heavy (non-hydrogen) atoms. The van der Waals surface area contributed by atoms with Crippen LogP contribution in [0.2, 0.25) is 0 Å². The molecule has 1 saturated heterocycles. The quantitative estimate of drug-likeness (QED) is 0.535. The maximum absolute atomic E-state index is 11.5. The average molecular weight is 199 g/mol. The van der Waals surface area contributed by atoms with Gasteiger partial charge in [0, 0.05) is 25.4 Å². The zero-order chi connectivity index (χ0) is 10.6. The summed E-state index contributed by atoms with van der Waals surface area (Å²) >= 11 is 0. The van der Waals surface area contributed by atoms with Crippen LogP contribution in [0.15, 0.2) is 0 Å². The lowest BCUT2D eigenvalue weighted by Gasteiger charge is -2.14. The van der Waals surface area contributed by atoms with Crippen LogP contribution in [0.4, 0.5) is 0 Å². The molecule has 2 atom stereocenters. The molecule has 1 aliphatic heterocycles. The third kappa shape index (κ3) is 2.99. The molecule has 1 heterocycles. The third-order valence-corrected chi connectivity index (χ3v) is 2.28. The summed E-state index contributed by atoms with van der Waals surface area (Å²) in [6.45, 7) is 3.06. The van der Waals surface area contributed by atoms with Crippen LogP contribution < -0.4 is 16.0 Å². The fourth-order valence-electron chi connectivity index (χ4n) is 1.45. The molecule has 0 radical (unpaired) electrons. The Morgan fingerprint density at radius 2 is 2.43 bits per heavy atom. The molecule has 0 saturated carbocycles. The molecule has 0 aromatic carbocycles. The van der Waals surface area contributed by atoms with Gasteiger partial charge in [-0.15, -0.1) is 0 Å². The highest BCUT2D eigenvalue weighted by atomic mass is 16.2. The number of rotatable bonds is 4. The molecular formula is C9H17N3O2. The molecule has 80 valence electrons. The van der Waals surface area contributed by atoms with Gasteiger partial charge in [0.15, 0.2) is 0 Å². The zero-order valence-electron chi connectivity index (χ0n) is 8.59. The minimum Gasteiger partial charge on any atom is -0.354 e. The second-order valence-corrected chi connectivity index (χ2v) is 3.67. The first-order valence-corrected chi connectivity index (χ1v) is 4.85. The van der Waals surface area contributed by atoms with Gasteiger partial charge in [0.05, 0.1) is 6.04 Å². The van der Waals surface area contributed by atoms with Gasteiger partial charge in [0.1, 0.15) is 0 Å². The van der Waals surface area contributed by atoms with Gasteiger partial charge in [-0.05, 0) is 7.05 Å². The van der Waals surface area contributed by atoms with Gasteiger partial charge in [-0.3, -0.25) is 9.59 Å². The van der Waals surface area contributed by atoms with Crippen LogP contribution in [0, 0.1) is 5.92 Å². The second kappa shape index (κ2) is 4.95. The lowest BCUT2D eigenvalue weighted by atomic mass is 10.1. The Balaban J connectivity index is 2.29. The van der Waals surface area contributed by atoms with Gasteiger partial charge in [0.2, 0.25) is 11.8 Å². The van der Waals surface area contributed by atoms with Crippen molar-refractivity contribution in [2.24, 2.45) is 5.92 Å². The van der Waals surface area contributed by atoms with E-state index in [9.17, 15) is 9.59 Å². The normalized spacial score (nSPS) is 23.0. The first kappa shape index (κ1) is 11.0. The van der Waals surface area contributed by atoms with Crippen molar-refractivity contribution in [2.75, 3.05) is 20.1 Å². The molecule has 0 bridgehead atoms. The maximum Gasteiger partial charge on any atom is 0.224 e. The van der Waals surface area contributed by atoms with Crippen LogP contribution in [-0.2, 0) is 9.59 Å². The summed E-state index contributed by atoms with van der Waals surface area (Å²) in [6, 6.07) is -0.0330. The molecule has 5 nitrogen and oxygen atoms in total. The van der Waals surface area contributed by atoms with Crippen molar-refractivity contribution in [3.8, 4) is 0 Å². The Kier molecular flexibility index (Phi) is 3.88. The van der Waals surface area contributed by atoms with E-state index in [1.54, 1.807) is 0 Å². The number of hydrogen-bond donors (Lipinski definition) is 3. The highest BCUT2D eigenvalue weighted by Crippen LogP contribution is 2.01. The molecule has 2 amide bonds. The Morgan fingerprint density at radius 3 is 2.93 bits per heavy atom. The van der Waals surface area contributed by atoms with Crippen LogP contribution in [0.1, 0.15) is 13.3 Å². The number of hydrogen-bond acceptors (Lipinski definition) is 3. The summed E-state index contributed by atoms with van der Waals surface area (Å²) in [6.07, 6.45) is 0.401. The molecule has 1 aliphatic rings. The summed E-state index contributed by atoms with van der Waals surface area (Å²) in [4.78, 5) is 22.4. The molecule has 0 aromatic rings. The summed E-state index contributed by atoms with van der Waals surface area (Å²) in [7, 11) is 1.81. The van der Waals surface area contributed by atoms with Crippen molar-refractivity contribution in [3.05, 3.63) is 0 Å². The molecule has 5 heteroatoms. The van der Waals surface area contributed by atoms with Gasteiger partial charge < -0.3 is 16.0 Å². The zero-order valence-corrected chi connectivity index (χ0v) is 8.59. The lowest BCUT2D eigenvalue weighted by Crippen LogP contribution is -2.41. The van der Waals surface area contributed by atoms with Crippen molar-refractivity contribution >= 4 is 11.8 Å². The summed E-state index contributed by atoms with van der Waals surface area (Å²) in [5.41, 5.74) is 0. The molecule has 0 aliphatic carbocycles. The first-order chi connectivity index (χ1) is 6.63. The van der Waals surface area contributed by atoms with E-state index in [0.717, 1.165) is 0 Å². The number of nitrogens with one attached hydrogen (secondary N) is 3. The smallest absolute Gasteiger partial charge is 0.224 e. The van der Waals surface area contributed by atoms with Gasteiger partial charge in [0.25, 0.3) is 0 Å². The third-order valence-electron chi connectivity index (χ3n) is 2.28. The average Bonchev–Trinajstić information content (AvgIpc) is 2.51. The summed E-state index contributed by atoms with van der Waals surface area (Å²) < 4.78 is 0. The minimum atomic E-state index is -0.0595. The molecular weight excluding hydrogens is 182 g/mol. The molecule has 1 rings (SSSR count). The first-order valence-electron chi connectivity index (χ1n) is 4.85. The number of amides is 2. The van der Waals surface area contributed by atoms with E-state index in [1.807, 2.05) is 14.0 Å². The Labute approximate surface area is 83.6 Å². The summed E-state index contributed by atoms with van der Waals surface area (Å²) in [5.74, 6) is -0.0480. The Bertz CT molecular complexity index is 230. The largest absolute Gasteiger partial charge is 0.354 e. The van der Waals surface area contributed by atoms with E-state index in [1.165, 1.54) is 0 Å². The molecule has 3 N–H and O–H groups in total. The maximum atomic E-state index is 11.5. The van der Waals surface area contributed by atoms with E-state index in [-0.39, 0.29) is 23.8 Å². The fourth-order valence-corrected chi connectivity index (χ4v) is 1.45. The monoisotopic (exact) mass is 199 g/mol. The van der Waals surface area contributed by atoms with Crippen molar-refractivity contribution < 1.29 is 9.59 Å². The topological polar surface area (TPSA) is 70.2 Å². The minimum absolute atomic E-state index is 0.000787. The standard InChI is InChI=1S/C9H17N3O2/c1-6(4-10-2)9(14)12-7-3-8(13)11-5-7/h6-7,10H,3-5H2,1-2H3,(H,11,13)(H,12,14). The van der Waals surface area contributed by atoms with Crippen LogP contribution in [0.3, 0.4) is 0 Å². The highest BCUT2D eigenvalue weighted by Gasteiger charge is 2.24. The molecule has 1 fully saturated rings. The van der Waals surface area contributed by atoms with E-state index >= 15 is 0 Å². The highest BCUT2D eigenvalue weighted by molar-refractivity contribution is 5.83. The Hall–Kier alpha value is -1.10. The fraction of sp³-hybridized carbons (Fsp3) is 0.778. The molecule has 2 unspecified atom stereocenters. The second-order valence-electron chi connectivity index (χ2n) is 3.67. The molecule has 0 spiro atoms. The lowest BCUT2D eigenvalue weighted by molar-refractivity contribution is -0.125. The van der Waals surface area contributed by atoms with Gasteiger partial charge in [-0.25, -0.2) is 0 Å². The van der Waals surface area contributed by atoms with Crippen LogP contribution in [0.5, 0.6) is 0 Å². The van der Waals surface area contributed by atoms with Crippen LogP contribution in [0.25, 0.3) is 0 Å². The predicted molar refractivity (Wildman–Crippen MR) is 52.6 cm³/mol. The van der Waals surface area contributed by atoms with Crippen molar-refractivity contribution in [1.29, 1.82) is 0 Å². The van der Waals surface area contributed by atoms with Gasteiger partial charge in [-0.2, -0.15) is 0 Å². The van der Waals surface area contributed by atoms with Crippen molar-refractivity contribution in [3.63, 3.8) is 0 Å². The van der Waals surface area contributed by atoms with Crippen molar-refractivity contribution in [2.45, 2.75) is 19.4 Å². The van der Waals surface area contributed by atoms with Crippen LogP contribution >= 0.6 is 0 Å². The SMILES string of the molecule is CNCC(C)C(=O)NC1CNC(=O)C1. The van der Waals surface area contributed by atoms with Gasteiger partial charge >= 0.3 is 0 Å². The summed E-state index contributed by atoms with van der Waals surface area (Å²) in [5, 5.41) is 8.45. The number of carbonyl (C=O) groups is 2. The predicted octanol–water partition coefficient (Wildman–Crippen LogP) is -1.15. The number of carbonyl (C=O) groups excluding carboxylic acids is 2. The van der Waals surface area contributed by atoms with E-state index in [0.29, 0.717) is 19.5 Å². The molecule has 0 aromatic heterocycles. The van der Waals surface area contributed by atoms with Crippen LogP contribution in [-0.4, -0.2) is 38.0 Å². The van der Waals surface area contributed by atoms with E-state index < -0.39 is 0 Å². The van der Waals surface area contributed by atoms with Gasteiger partial charge in [-0.1, -0.05) is 6.92 Å². The van der Waals surface area contributed by atoms with E-state index in [2.05, 4.69) is 16.0 Å². The Morgan fingerprint density at radius 1 is 1.71 bits per heavy atom. The van der Waals surface area contributed by atoms with Crippen molar-refractivity contribution in [1.82, 2.24) is 16.0 Å². The van der Waals surface area contributed by atoms with E-state index in [4.69, 9.17) is 0 Å².